The Bertz CT molecular complexity index is 582. The smallest absolute Gasteiger partial charge is 0.0670 e. The van der Waals surface area contributed by atoms with Crippen molar-refractivity contribution in [3.63, 3.8) is 0 Å². The van der Waals surface area contributed by atoms with Gasteiger partial charge in [-0.2, -0.15) is 0 Å². The lowest BCUT2D eigenvalue weighted by atomic mass is 9.99. The second-order valence-electron chi connectivity index (χ2n) is 4.18. The fourth-order valence-electron chi connectivity index (χ4n) is 1.93. The predicted molar refractivity (Wildman–Crippen MR) is 84.3 cm³/mol. The van der Waals surface area contributed by atoms with Gasteiger partial charge in [0.15, 0.2) is 0 Å². The zero-order chi connectivity index (χ0) is 13.8. The van der Waals surface area contributed by atoms with E-state index < -0.39 is 0 Å². The van der Waals surface area contributed by atoms with E-state index in [1.807, 2.05) is 30.3 Å². The third kappa shape index (κ3) is 3.43. The molecule has 0 aliphatic rings. The molecule has 0 saturated heterocycles. The summed E-state index contributed by atoms with van der Waals surface area (Å²) in [5.74, 6) is 0. The Morgan fingerprint density at radius 3 is 2.53 bits per heavy atom. The van der Waals surface area contributed by atoms with Crippen LogP contribution in [0.3, 0.4) is 0 Å². The molecule has 4 heteroatoms. The van der Waals surface area contributed by atoms with Crippen molar-refractivity contribution in [3.8, 4) is 11.1 Å². The van der Waals surface area contributed by atoms with Crippen molar-refractivity contribution in [2.75, 3.05) is 6.54 Å². The van der Waals surface area contributed by atoms with Gasteiger partial charge in [0.1, 0.15) is 0 Å². The third-order valence-corrected chi connectivity index (χ3v) is 3.93. The lowest BCUT2D eigenvalue weighted by molar-refractivity contribution is 0.728. The maximum atomic E-state index is 6.29. The van der Waals surface area contributed by atoms with E-state index in [2.05, 4.69) is 12.2 Å². The van der Waals surface area contributed by atoms with Crippen LogP contribution in [0.4, 0.5) is 0 Å². The van der Waals surface area contributed by atoms with Gasteiger partial charge in [-0.3, -0.25) is 0 Å². The van der Waals surface area contributed by atoms with Gasteiger partial charge in [0.25, 0.3) is 0 Å². The van der Waals surface area contributed by atoms with Gasteiger partial charge < -0.3 is 5.32 Å². The standard InChI is InChI=1S/C15H14Cl3N/c1-2-19-9-10-6-7-11(16)8-13(10)12-4-3-5-14(17)15(12)18/h3-8,19H,2,9H2,1H3. The van der Waals surface area contributed by atoms with Crippen LogP contribution in [-0.4, -0.2) is 6.54 Å². The maximum absolute atomic E-state index is 6.29. The summed E-state index contributed by atoms with van der Waals surface area (Å²) in [6.45, 7) is 3.75. The molecule has 0 aliphatic heterocycles. The fourth-order valence-corrected chi connectivity index (χ4v) is 2.50. The van der Waals surface area contributed by atoms with Gasteiger partial charge >= 0.3 is 0 Å². The van der Waals surface area contributed by atoms with Crippen LogP contribution in [0.5, 0.6) is 0 Å². The second kappa shape index (κ2) is 6.62. The van der Waals surface area contributed by atoms with Crippen molar-refractivity contribution in [2.45, 2.75) is 13.5 Å². The van der Waals surface area contributed by atoms with Crippen LogP contribution in [0.2, 0.25) is 15.1 Å². The molecule has 0 heterocycles. The summed E-state index contributed by atoms with van der Waals surface area (Å²) < 4.78 is 0. The molecule has 0 aromatic heterocycles. The van der Waals surface area contributed by atoms with Crippen molar-refractivity contribution in [2.24, 2.45) is 0 Å². The van der Waals surface area contributed by atoms with Crippen LogP contribution < -0.4 is 5.32 Å². The maximum Gasteiger partial charge on any atom is 0.0670 e. The first-order chi connectivity index (χ1) is 9.13. The lowest BCUT2D eigenvalue weighted by Gasteiger charge is -2.13. The van der Waals surface area contributed by atoms with Crippen LogP contribution >= 0.6 is 34.8 Å². The normalized spacial score (nSPS) is 10.7. The Morgan fingerprint density at radius 1 is 1.00 bits per heavy atom. The van der Waals surface area contributed by atoms with Gasteiger partial charge in [-0.25, -0.2) is 0 Å². The van der Waals surface area contributed by atoms with E-state index in [-0.39, 0.29) is 0 Å². The summed E-state index contributed by atoms with van der Waals surface area (Å²) >= 11 is 18.5. The first-order valence-corrected chi connectivity index (χ1v) is 7.20. The highest BCUT2D eigenvalue weighted by Gasteiger charge is 2.11. The Balaban J connectivity index is 2.53. The topological polar surface area (TPSA) is 12.0 Å². The average molecular weight is 315 g/mol. The molecule has 2 aromatic carbocycles. The molecule has 100 valence electrons. The number of benzene rings is 2. The number of halogens is 3. The van der Waals surface area contributed by atoms with E-state index in [4.69, 9.17) is 34.8 Å². The first-order valence-electron chi connectivity index (χ1n) is 6.07. The predicted octanol–water partition coefficient (Wildman–Crippen LogP) is 5.42. The van der Waals surface area contributed by atoms with E-state index in [0.29, 0.717) is 15.1 Å². The van der Waals surface area contributed by atoms with E-state index in [1.54, 1.807) is 6.07 Å². The number of hydrogen-bond donors (Lipinski definition) is 1. The molecular formula is C15H14Cl3N. The minimum absolute atomic E-state index is 0.550. The molecule has 1 N–H and O–H groups in total. The van der Waals surface area contributed by atoms with E-state index in [0.717, 1.165) is 29.8 Å². The van der Waals surface area contributed by atoms with Gasteiger partial charge in [0.2, 0.25) is 0 Å². The second-order valence-corrected chi connectivity index (χ2v) is 5.40. The lowest BCUT2D eigenvalue weighted by Crippen LogP contribution is -2.12. The minimum Gasteiger partial charge on any atom is -0.313 e. The van der Waals surface area contributed by atoms with Crippen LogP contribution in [0.15, 0.2) is 36.4 Å². The monoisotopic (exact) mass is 313 g/mol. The largest absolute Gasteiger partial charge is 0.313 e. The van der Waals surface area contributed by atoms with Crippen LogP contribution in [0, 0.1) is 0 Å². The van der Waals surface area contributed by atoms with Crippen LogP contribution in [-0.2, 0) is 6.54 Å². The highest BCUT2D eigenvalue weighted by molar-refractivity contribution is 6.43. The Kier molecular flexibility index (Phi) is 5.12. The van der Waals surface area contributed by atoms with Gasteiger partial charge in [-0.1, -0.05) is 59.9 Å². The molecule has 0 atom stereocenters. The summed E-state index contributed by atoms with van der Waals surface area (Å²) in [6.07, 6.45) is 0. The van der Waals surface area contributed by atoms with Gasteiger partial charge in [-0.05, 0) is 35.9 Å². The molecule has 0 saturated carbocycles. The van der Waals surface area contributed by atoms with Crippen molar-refractivity contribution >= 4 is 34.8 Å². The van der Waals surface area contributed by atoms with Gasteiger partial charge in [-0.15, -0.1) is 0 Å². The quantitative estimate of drug-likeness (QED) is 0.794. The Labute approximate surface area is 128 Å². The summed E-state index contributed by atoms with van der Waals surface area (Å²) in [4.78, 5) is 0. The first kappa shape index (κ1) is 14.7. The highest BCUT2D eigenvalue weighted by atomic mass is 35.5. The summed E-state index contributed by atoms with van der Waals surface area (Å²) in [5.41, 5.74) is 3.07. The van der Waals surface area contributed by atoms with E-state index in [9.17, 15) is 0 Å². The highest BCUT2D eigenvalue weighted by Crippen LogP contribution is 2.36. The molecule has 2 rings (SSSR count). The Morgan fingerprint density at radius 2 is 1.79 bits per heavy atom. The minimum atomic E-state index is 0.550. The van der Waals surface area contributed by atoms with Crippen molar-refractivity contribution in [1.29, 1.82) is 0 Å². The molecule has 19 heavy (non-hydrogen) atoms. The summed E-state index contributed by atoms with van der Waals surface area (Å²) in [7, 11) is 0. The summed E-state index contributed by atoms with van der Waals surface area (Å²) in [6, 6.07) is 11.4. The van der Waals surface area contributed by atoms with Crippen LogP contribution in [0.1, 0.15) is 12.5 Å². The SMILES string of the molecule is CCNCc1ccc(Cl)cc1-c1cccc(Cl)c1Cl. The molecule has 2 aromatic rings. The molecule has 0 aliphatic carbocycles. The van der Waals surface area contributed by atoms with Crippen molar-refractivity contribution in [3.05, 3.63) is 57.0 Å². The number of nitrogens with one attached hydrogen (secondary N) is 1. The molecule has 0 bridgehead atoms. The molecular weight excluding hydrogens is 301 g/mol. The fraction of sp³-hybridized carbons (Fsp3) is 0.200. The molecule has 0 unspecified atom stereocenters. The average Bonchev–Trinajstić information content (AvgIpc) is 2.40. The molecule has 0 radical (unpaired) electrons. The van der Waals surface area contributed by atoms with E-state index in [1.165, 1.54) is 0 Å². The molecule has 0 spiro atoms. The zero-order valence-electron chi connectivity index (χ0n) is 10.5. The molecule has 0 amide bonds. The summed E-state index contributed by atoms with van der Waals surface area (Å²) in [5, 5.41) is 5.10. The van der Waals surface area contributed by atoms with Gasteiger partial charge in [0, 0.05) is 17.1 Å². The van der Waals surface area contributed by atoms with Crippen molar-refractivity contribution in [1.82, 2.24) is 5.32 Å². The number of rotatable bonds is 4. The third-order valence-electron chi connectivity index (χ3n) is 2.88. The van der Waals surface area contributed by atoms with Crippen molar-refractivity contribution < 1.29 is 0 Å². The van der Waals surface area contributed by atoms with Gasteiger partial charge in [0.05, 0.1) is 10.0 Å². The Hall–Kier alpha value is -0.730. The zero-order valence-corrected chi connectivity index (χ0v) is 12.8. The molecule has 0 fully saturated rings. The number of hydrogen-bond acceptors (Lipinski definition) is 1. The van der Waals surface area contributed by atoms with E-state index >= 15 is 0 Å². The van der Waals surface area contributed by atoms with Crippen LogP contribution in [0.25, 0.3) is 11.1 Å². The molecule has 1 nitrogen and oxygen atoms in total.